The second kappa shape index (κ2) is 9.06. The Kier molecular flexibility index (Phi) is 6.49. The highest BCUT2D eigenvalue weighted by Gasteiger charge is 2.26. The molecular formula is C21H27N5O4. The highest BCUT2D eigenvalue weighted by molar-refractivity contribution is 5.98. The Morgan fingerprint density at radius 3 is 2.50 bits per heavy atom. The number of benzene rings is 1. The van der Waals surface area contributed by atoms with Gasteiger partial charge in [0, 0.05) is 6.04 Å². The minimum atomic E-state index is -1.16. The lowest BCUT2D eigenvalue weighted by Crippen LogP contribution is -2.47. The number of hydrogen-bond acceptors (Lipinski definition) is 6. The molecule has 2 N–H and O–H groups in total. The first-order valence-electron chi connectivity index (χ1n) is 10.1. The van der Waals surface area contributed by atoms with Crippen LogP contribution >= 0.6 is 0 Å². The van der Waals surface area contributed by atoms with Crippen LogP contribution in [-0.4, -0.2) is 45.0 Å². The van der Waals surface area contributed by atoms with E-state index in [1.54, 1.807) is 6.92 Å². The summed E-state index contributed by atoms with van der Waals surface area (Å²) in [7, 11) is 0. The molecule has 9 heteroatoms. The van der Waals surface area contributed by atoms with Crippen molar-refractivity contribution < 1.29 is 19.1 Å². The van der Waals surface area contributed by atoms with Crippen LogP contribution in [0.2, 0.25) is 0 Å². The highest BCUT2D eigenvalue weighted by atomic mass is 16.5. The summed E-state index contributed by atoms with van der Waals surface area (Å²) in [5.41, 5.74) is 3.22. The summed E-state index contributed by atoms with van der Waals surface area (Å²) >= 11 is 0. The second-order valence-corrected chi connectivity index (χ2v) is 7.71. The first kappa shape index (κ1) is 21.5. The second-order valence-electron chi connectivity index (χ2n) is 7.71. The molecule has 3 rings (SSSR count). The number of aromatic nitrogens is 3. The van der Waals surface area contributed by atoms with Gasteiger partial charge in [0.05, 0.1) is 11.4 Å². The van der Waals surface area contributed by atoms with Gasteiger partial charge < -0.3 is 10.1 Å². The summed E-state index contributed by atoms with van der Waals surface area (Å²) in [4.78, 5) is 38.0. The van der Waals surface area contributed by atoms with E-state index < -0.39 is 24.0 Å². The highest BCUT2D eigenvalue weighted by Crippen LogP contribution is 2.18. The number of aryl methyl sites for hydroxylation is 3. The molecular weight excluding hydrogens is 386 g/mol. The molecule has 3 amide bonds. The van der Waals surface area contributed by atoms with Crippen LogP contribution in [0.25, 0.3) is 5.69 Å². The zero-order valence-corrected chi connectivity index (χ0v) is 17.7. The van der Waals surface area contributed by atoms with E-state index in [0.717, 1.165) is 42.5 Å². The van der Waals surface area contributed by atoms with Crippen LogP contribution in [0.3, 0.4) is 0 Å². The van der Waals surface area contributed by atoms with Crippen molar-refractivity contribution >= 4 is 17.9 Å². The first-order valence-corrected chi connectivity index (χ1v) is 10.1. The van der Waals surface area contributed by atoms with Gasteiger partial charge in [-0.15, -0.1) is 5.10 Å². The van der Waals surface area contributed by atoms with Crippen molar-refractivity contribution in [3.8, 4) is 5.69 Å². The molecule has 0 spiro atoms. The quantitative estimate of drug-likeness (QED) is 0.728. The van der Waals surface area contributed by atoms with Crippen molar-refractivity contribution in [1.29, 1.82) is 0 Å². The maximum absolute atomic E-state index is 12.5. The smallest absolute Gasteiger partial charge is 0.361 e. The van der Waals surface area contributed by atoms with E-state index >= 15 is 0 Å². The lowest BCUT2D eigenvalue weighted by molar-refractivity contribution is -0.127. The molecule has 1 fully saturated rings. The van der Waals surface area contributed by atoms with Gasteiger partial charge >= 0.3 is 12.0 Å². The Hall–Kier alpha value is -3.23. The topological polar surface area (TPSA) is 115 Å². The molecule has 0 saturated heterocycles. The standard InChI is InChI=1S/C21H27N5O4/c1-12-9-10-17(13(2)11-12)26-24-14(3)18(25-26)20(28)30-15(4)19(27)23-21(29)22-16-7-5-6-8-16/h9-11,15-16H,5-8H2,1-4H3,(H2,22,23,27,29)/t15-/m1/s1. The average Bonchev–Trinajstić information content (AvgIpc) is 3.31. The fraction of sp³-hybridized carbons (Fsp3) is 0.476. The third-order valence-electron chi connectivity index (χ3n) is 5.12. The summed E-state index contributed by atoms with van der Waals surface area (Å²) in [5, 5.41) is 13.5. The Labute approximate surface area is 175 Å². The monoisotopic (exact) mass is 413 g/mol. The summed E-state index contributed by atoms with van der Waals surface area (Å²) in [6.45, 7) is 6.97. The van der Waals surface area contributed by atoms with Crippen molar-refractivity contribution in [3.05, 3.63) is 40.7 Å². The predicted octanol–water partition coefficient (Wildman–Crippen LogP) is 2.51. The van der Waals surface area contributed by atoms with Gasteiger partial charge in [0.25, 0.3) is 5.91 Å². The van der Waals surface area contributed by atoms with Gasteiger partial charge in [-0.1, -0.05) is 30.5 Å². The molecule has 0 radical (unpaired) electrons. The predicted molar refractivity (Wildman–Crippen MR) is 109 cm³/mol. The molecule has 160 valence electrons. The SMILES string of the molecule is Cc1ccc(-n2nc(C)c(C(=O)O[C@H](C)C(=O)NC(=O)NC3CCCC3)n2)c(C)c1. The first-order chi connectivity index (χ1) is 14.2. The van der Waals surface area contributed by atoms with Crippen LogP contribution in [0.15, 0.2) is 18.2 Å². The number of carbonyl (C=O) groups excluding carboxylic acids is 3. The number of imide groups is 1. The molecule has 1 aliphatic carbocycles. The van der Waals surface area contributed by atoms with Gasteiger partial charge in [-0.2, -0.15) is 9.90 Å². The molecule has 9 nitrogen and oxygen atoms in total. The van der Waals surface area contributed by atoms with Gasteiger partial charge in [-0.05, 0) is 52.2 Å². The van der Waals surface area contributed by atoms with Crippen LogP contribution in [0.1, 0.15) is 59.9 Å². The lowest BCUT2D eigenvalue weighted by Gasteiger charge is -2.15. The van der Waals surface area contributed by atoms with E-state index in [-0.39, 0.29) is 11.7 Å². The number of amides is 3. The third kappa shape index (κ3) is 5.03. The summed E-state index contributed by atoms with van der Waals surface area (Å²) in [5.74, 6) is -1.47. The summed E-state index contributed by atoms with van der Waals surface area (Å²) < 4.78 is 5.20. The number of urea groups is 1. The molecule has 0 unspecified atom stereocenters. The van der Waals surface area contributed by atoms with Crippen LogP contribution < -0.4 is 10.6 Å². The molecule has 1 aromatic carbocycles. The van der Waals surface area contributed by atoms with Crippen molar-refractivity contribution in [2.75, 3.05) is 0 Å². The Morgan fingerprint density at radius 2 is 1.83 bits per heavy atom. The van der Waals surface area contributed by atoms with Crippen molar-refractivity contribution in [3.63, 3.8) is 0 Å². The van der Waals surface area contributed by atoms with E-state index in [1.807, 2.05) is 32.0 Å². The van der Waals surface area contributed by atoms with E-state index in [9.17, 15) is 14.4 Å². The fourth-order valence-corrected chi connectivity index (χ4v) is 3.48. The van der Waals surface area contributed by atoms with Crippen LogP contribution in [0.4, 0.5) is 4.79 Å². The van der Waals surface area contributed by atoms with Gasteiger partial charge in [0.15, 0.2) is 11.8 Å². The van der Waals surface area contributed by atoms with Gasteiger partial charge in [-0.3, -0.25) is 10.1 Å². The average molecular weight is 413 g/mol. The Morgan fingerprint density at radius 1 is 1.13 bits per heavy atom. The van der Waals surface area contributed by atoms with Crippen molar-refractivity contribution in [2.45, 2.75) is 65.5 Å². The van der Waals surface area contributed by atoms with E-state index in [4.69, 9.17) is 4.74 Å². The summed E-state index contributed by atoms with van der Waals surface area (Å²) in [6.07, 6.45) is 2.78. The number of esters is 1. The number of ether oxygens (including phenoxy) is 1. The number of nitrogens with zero attached hydrogens (tertiary/aromatic N) is 3. The minimum absolute atomic E-state index is 0.0185. The fourth-order valence-electron chi connectivity index (χ4n) is 3.48. The van der Waals surface area contributed by atoms with Crippen molar-refractivity contribution in [2.24, 2.45) is 0 Å². The molecule has 2 aromatic rings. The molecule has 1 aliphatic rings. The Bertz CT molecular complexity index is 962. The maximum Gasteiger partial charge on any atom is 0.361 e. The molecule has 0 bridgehead atoms. The number of hydrogen-bond donors (Lipinski definition) is 2. The van der Waals surface area contributed by atoms with Crippen molar-refractivity contribution in [1.82, 2.24) is 25.6 Å². The number of rotatable bonds is 5. The van der Waals surface area contributed by atoms with Crippen LogP contribution in [-0.2, 0) is 9.53 Å². The lowest BCUT2D eigenvalue weighted by atomic mass is 10.1. The summed E-state index contributed by atoms with van der Waals surface area (Å²) in [6, 6.07) is 5.31. The van der Waals surface area contributed by atoms with Crippen LogP contribution in [0, 0.1) is 20.8 Å². The van der Waals surface area contributed by atoms with E-state index in [1.165, 1.54) is 11.7 Å². The molecule has 1 atom stereocenters. The molecule has 1 saturated carbocycles. The zero-order valence-electron chi connectivity index (χ0n) is 17.7. The molecule has 1 aromatic heterocycles. The third-order valence-corrected chi connectivity index (χ3v) is 5.12. The molecule has 30 heavy (non-hydrogen) atoms. The maximum atomic E-state index is 12.5. The number of nitrogens with one attached hydrogen (secondary N) is 2. The molecule has 1 heterocycles. The Balaban J connectivity index is 1.61. The largest absolute Gasteiger partial charge is 0.448 e. The normalized spacial score (nSPS) is 14.9. The van der Waals surface area contributed by atoms with E-state index in [2.05, 4.69) is 20.8 Å². The molecule has 0 aliphatic heterocycles. The van der Waals surface area contributed by atoms with Gasteiger partial charge in [0.1, 0.15) is 0 Å². The number of carbonyl (C=O) groups is 3. The minimum Gasteiger partial charge on any atom is -0.448 e. The van der Waals surface area contributed by atoms with Crippen LogP contribution in [0.5, 0.6) is 0 Å². The van der Waals surface area contributed by atoms with Gasteiger partial charge in [0.2, 0.25) is 0 Å². The van der Waals surface area contributed by atoms with Gasteiger partial charge in [-0.25, -0.2) is 9.59 Å². The zero-order chi connectivity index (χ0) is 21.8. The van der Waals surface area contributed by atoms with E-state index in [0.29, 0.717) is 5.69 Å².